The lowest BCUT2D eigenvalue weighted by molar-refractivity contribution is 0.196. The summed E-state index contributed by atoms with van der Waals surface area (Å²) in [6, 6.07) is 9.80. The Labute approximate surface area is 152 Å². The molecule has 26 heavy (non-hydrogen) atoms. The van der Waals surface area contributed by atoms with Crippen LogP contribution in [0.2, 0.25) is 0 Å². The van der Waals surface area contributed by atoms with E-state index in [1.54, 1.807) is 11.0 Å². The maximum Gasteiger partial charge on any atom is 0.276 e. The number of aromatic nitrogens is 5. The second-order valence-electron chi connectivity index (χ2n) is 6.99. The van der Waals surface area contributed by atoms with Crippen molar-refractivity contribution in [2.75, 3.05) is 13.1 Å². The van der Waals surface area contributed by atoms with Crippen molar-refractivity contribution < 1.29 is 0 Å². The van der Waals surface area contributed by atoms with E-state index in [9.17, 15) is 4.79 Å². The molecule has 7 heteroatoms. The Morgan fingerprint density at radius 1 is 1.27 bits per heavy atom. The molecule has 3 aromatic rings. The largest absolute Gasteiger partial charge is 0.298 e. The van der Waals surface area contributed by atoms with E-state index < -0.39 is 0 Å². The number of aromatic amines is 1. The molecule has 1 fully saturated rings. The Balaban J connectivity index is 1.60. The van der Waals surface area contributed by atoms with E-state index >= 15 is 0 Å². The fourth-order valence-electron chi connectivity index (χ4n) is 3.86. The summed E-state index contributed by atoms with van der Waals surface area (Å²) in [5, 5.41) is 6.96. The number of hydrogen-bond acceptors (Lipinski definition) is 4. The lowest BCUT2D eigenvalue weighted by Gasteiger charge is -2.31. The fourth-order valence-corrected chi connectivity index (χ4v) is 3.86. The van der Waals surface area contributed by atoms with E-state index in [0.29, 0.717) is 12.5 Å². The highest BCUT2D eigenvalue weighted by Crippen LogP contribution is 2.25. The monoisotopic (exact) mass is 352 g/mol. The molecule has 1 aliphatic heterocycles. The molecule has 0 aliphatic carbocycles. The fraction of sp³-hybridized carbons (Fsp3) is 0.421. The molecular weight excluding hydrogens is 328 g/mol. The summed E-state index contributed by atoms with van der Waals surface area (Å²) in [7, 11) is 1.95. The van der Waals surface area contributed by atoms with Gasteiger partial charge in [-0.15, -0.1) is 0 Å². The smallest absolute Gasteiger partial charge is 0.276 e. The molecule has 7 nitrogen and oxygen atoms in total. The van der Waals surface area contributed by atoms with E-state index in [-0.39, 0.29) is 5.56 Å². The quantitative estimate of drug-likeness (QED) is 0.779. The molecule has 1 saturated heterocycles. The topological polar surface area (TPSA) is 71.7 Å². The van der Waals surface area contributed by atoms with Crippen LogP contribution in [0.1, 0.15) is 35.8 Å². The van der Waals surface area contributed by atoms with Crippen LogP contribution in [0.5, 0.6) is 0 Å². The van der Waals surface area contributed by atoms with Crippen molar-refractivity contribution in [1.82, 2.24) is 29.4 Å². The molecule has 0 unspecified atom stereocenters. The maximum atomic E-state index is 13.1. The molecule has 1 N–H and O–H groups in total. The van der Waals surface area contributed by atoms with Crippen molar-refractivity contribution in [3.8, 4) is 5.69 Å². The molecule has 0 amide bonds. The van der Waals surface area contributed by atoms with Crippen molar-refractivity contribution in [3.05, 3.63) is 64.1 Å². The summed E-state index contributed by atoms with van der Waals surface area (Å²) >= 11 is 0. The third-order valence-corrected chi connectivity index (χ3v) is 5.38. The number of likely N-dealkylation sites (tertiary alicyclic amines) is 1. The summed E-state index contributed by atoms with van der Waals surface area (Å²) in [5.41, 5.74) is 2.85. The van der Waals surface area contributed by atoms with E-state index in [0.717, 1.165) is 48.7 Å². The predicted octanol–water partition coefficient (Wildman–Crippen LogP) is 1.98. The van der Waals surface area contributed by atoms with Crippen molar-refractivity contribution in [3.63, 3.8) is 0 Å². The second-order valence-corrected chi connectivity index (χ2v) is 6.99. The van der Waals surface area contributed by atoms with Crippen molar-refractivity contribution in [1.29, 1.82) is 0 Å². The molecule has 136 valence electrons. The molecule has 1 aromatic carbocycles. The van der Waals surface area contributed by atoms with Crippen molar-refractivity contribution in [2.24, 2.45) is 7.05 Å². The number of piperidine rings is 1. The first-order chi connectivity index (χ1) is 12.6. The Morgan fingerprint density at radius 3 is 2.81 bits per heavy atom. The Bertz CT molecular complexity index is 925. The third-order valence-electron chi connectivity index (χ3n) is 5.38. The molecule has 3 heterocycles. The zero-order valence-corrected chi connectivity index (χ0v) is 15.2. The lowest BCUT2D eigenvalue weighted by Crippen LogP contribution is -2.36. The number of H-pyrrole nitrogens is 1. The summed E-state index contributed by atoms with van der Waals surface area (Å²) in [5.74, 6) is 1.30. The van der Waals surface area contributed by atoms with E-state index in [4.69, 9.17) is 0 Å². The van der Waals surface area contributed by atoms with E-state index in [1.165, 1.54) is 0 Å². The van der Waals surface area contributed by atoms with Gasteiger partial charge in [0.05, 0.1) is 11.3 Å². The molecule has 4 rings (SSSR count). The number of nitrogens with zero attached hydrogens (tertiary/aromatic N) is 5. The van der Waals surface area contributed by atoms with Gasteiger partial charge in [0.15, 0.2) is 0 Å². The number of rotatable bonds is 4. The van der Waals surface area contributed by atoms with Gasteiger partial charge in [0.2, 0.25) is 0 Å². The van der Waals surface area contributed by atoms with Gasteiger partial charge in [0.1, 0.15) is 12.2 Å². The average molecular weight is 352 g/mol. The van der Waals surface area contributed by atoms with Crippen molar-refractivity contribution >= 4 is 0 Å². The molecule has 0 spiro atoms. The number of hydrogen-bond donors (Lipinski definition) is 1. The van der Waals surface area contributed by atoms with Crippen LogP contribution in [-0.4, -0.2) is 42.5 Å². The summed E-state index contributed by atoms with van der Waals surface area (Å²) in [6.45, 7) is 4.59. The van der Waals surface area contributed by atoms with E-state index in [1.807, 2.05) is 49.0 Å². The molecule has 1 atom stereocenters. The predicted molar refractivity (Wildman–Crippen MR) is 99.4 cm³/mol. The number of benzene rings is 1. The molecule has 0 bridgehead atoms. The van der Waals surface area contributed by atoms with Gasteiger partial charge in [-0.05, 0) is 38.4 Å². The highest BCUT2D eigenvalue weighted by atomic mass is 16.1. The van der Waals surface area contributed by atoms with Gasteiger partial charge in [-0.2, -0.15) is 5.10 Å². The summed E-state index contributed by atoms with van der Waals surface area (Å²) in [4.78, 5) is 19.7. The van der Waals surface area contributed by atoms with Crippen LogP contribution >= 0.6 is 0 Å². The standard InChI is InChI=1S/C19H24N6O/c1-14-17(19(26)25(23(14)2)16-8-4-3-5-9-16)12-24-10-6-7-15(11-24)18-20-13-21-22-18/h3-5,8-9,13,15H,6-7,10-12H2,1-2H3,(H,20,21,22)/t15-/m0/s1. The minimum atomic E-state index is 0.0676. The number of nitrogens with one attached hydrogen (secondary N) is 1. The van der Waals surface area contributed by atoms with Crippen molar-refractivity contribution in [2.45, 2.75) is 32.2 Å². The highest BCUT2D eigenvalue weighted by Gasteiger charge is 2.25. The Morgan fingerprint density at radius 2 is 2.08 bits per heavy atom. The van der Waals surface area contributed by atoms with Gasteiger partial charge in [-0.3, -0.25) is 19.5 Å². The molecule has 0 saturated carbocycles. The SMILES string of the molecule is Cc1c(CN2CCC[C@H](c3ncn[nH]3)C2)c(=O)n(-c2ccccc2)n1C. The summed E-state index contributed by atoms with van der Waals surface area (Å²) in [6.07, 6.45) is 3.77. The summed E-state index contributed by atoms with van der Waals surface area (Å²) < 4.78 is 3.70. The van der Waals surface area contributed by atoms with Crippen LogP contribution in [0.25, 0.3) is 5.69 Å². The zero-order valence-electron chi connectivity index (χ0n) is 15.2. The first-order valence-corrected chi connectivity index (χ1v) is 9.05. The highest BCUT2D eigenvalue weighted by molar-refractivity contribution is 5.33. The van der Waals surface area contributed by atoms with Crippen LogP contribution in [0, 0.1) is 6.92 Å². The van der Waals surface area contributed by atoms with Crippen LogP contribution in [0.15, 0.2) is 41.5 Å². The van der Waals surface area contributed by atoms with Crippen LogP contribution in [-0.2, 0) is 13.6 Å². The lowest BCUT2D eigenvalue weighted by atomic mass is 9.97. The van der Waals surface area contributed by atoms with Crippen LogP contribution in [0.4, 0.5) is 0 Å². The maximum absolute atomic E-state index is 13.1. The van der Waals surface area contributed by atoms with E-state index in [2.05, 4.69) is 20.1 Å². The van der Waals surface area contributed by atoms with Gasteiger partial charge in [0.25, 0.3) is 5.56 Å². The molecule has 1 aliphatic rings. The molecular formula is C19H24N6O. The van der Waals surface area contributed by atoms with Crippen LogP contribution < -0.4 is 5.56 Å². The average Bonchev–Trinajstić information content (AvgIpc) is 3.27. The minimum Gasteiger partial charge on any atom is -0.298 e. The zero-order chi connectivity index (χ0) is 18.1. The van der Waals surface area contributed by atoms with Gasteiger partial charge >= 0.3 is 0 Å². The van der Waals surface area contributed by atoms with Gasteiger partial charge < -0.3 is 0 Å². The minimum absolute atomic E-state index is 0.0676. The molecule has 2 aromatic heterocycles. The number of para-hydroxylation sites is 1. The first-order valence-electron chi connectivity index (χ1n) is 9.05. The second kappa shape index (κ2) is 6.92. The Kier molecular flexibility index (Phi) is 4.46. The third kappa shape index (κ3) is 2.99. The first kappa shape index (κ1) is 16.8. The van der Waals surface area contributed by atoms with Gasteiger partial charge in [-0.1, -0.05) is 18.2 Å². The van der Waals surface area contributed by atoms with Crippen LogP contribution in [0.3, 0.4) is 0 Å². The normalized spacial score (nSPS) is 18.3. The Hall–Kier alpha value is -2.67. The van der Waals surface area contributed by atoms with Gasteiger partial charge in [-0.25, -0.2) is 9.67 Å². The molecule has 0 radical (unpaired) electrons. The van der Waals surface area contributed by atoms with Gasteiger partial charge in [0, 0.05) is 31.7 Å².